The second-order valence-electron chi connectivity index (χ2n) is 8.70. The summed E-state index contributed by atoms with van der Waals surface area (Å²) in [4.78, 5) is 32.5. The van der Waals surface area contributed by atoms with Gasteiger partial charge < -0.3 is 24.7 Å². The van der Waals surface area contributed by atoms with E-state index in [2.05, 4.69) is 25.2 Å². The van der Waals surface area contributed by atoms with Crippen LogP contribution < -0.4 is 20.1 Å². The number of amides is 2. The Bertz CT molecular complexity index is 1250. The van der Waals surface area contributed by atoms with E-state index in [0.717, 1.165) is 35.2 Å². The first kappa shape index (κ1) is 19.1. The Labute approximate surface area is 184 Å². The molecule has 0 unspecified atom stereocenters. The van der Waals surface area contributed by atoms with Gasteiger partial charge in [0, 0.05) is 30.5 Å². The van der Waals surface area contributed by atoms with Crippen LogP contribution >= 0.6 is 0 Å². The first-order valence-electron chi connectivity index (χ1n) is 10.9. The monoisotopic (exact) mass is 433 g/mol. The fraction of sp³-hybridized carbons (Fsp3) is 0.391. The van der Waals surface area contributed by atoms with Gasteiger partial charge >= 0.3 is 0 Å². The summed E-state index contributed by atoms with van der Waals surface area (Å²) in [6.07, 6.45) is 4.49. The number of nitrogens with one attached hydrogen (secondary N) is 2. The molecule has 2 fully saturated rings. The number of ether oxygens (including phenoxy) is 2. The zero-order valence-electron chi connectivity index (χ0n) is 17.6. The molecule has 2 aromatic heterocycles. The van der Waals surface area contributed by atoms with Crippen LogP contribution in [0.5, 0.6) is 11.6 Å². The molecule has 1 saturated heterocycles. The molecule has 1 aliphatic carbocycles. The third-order valence-corrected chi connectivity index (χ3v) is 6.33. The maximum Gasteiger partial charge on any atom is 0.262 e. The summed E-state index contributed by atoms with van der Waals surface area (Å²) in [5.41, 5.74) is 3.93. The van der Waals surface area contributed by atoms with Gasteiger partial charge in [0.1, 0.15) is 23.1 Å². The molecule has 9 nitrogen and oxygen atoms in total. The van der Waals surface area contributed by atoms with Crippen LogP contribution in [-0.4, -0.2) is 45.6 Å². The van der Waals surface area contributed by atoms with E-state index in [-0.39, 0.29) is 30.4 Å². The van der Waals surface area contributed by atoms with Crippen molar-refractivity contribution >= 4 is 28.5 Å². The summed E-state index contributed by atoms with van der Waals surface area (Å²) < 4.78 is 14.1. The Morgan fingerprint density at radius 3 is 2.88 bits per heavy atom. The summed E-state index contributed by atoms with van der Waals surface area (Å²) >= 11 is 0. The Balaban J connectivity index is 1.40. The zero-order valence-corrected chi connectivity index (χ0v) is 17.6. The molecule has 32 heavy (non-hydrogen) atoms. The molecule has 9 heteroatoms. The fourth-order valence-corrected chi connectivity index (χ4v) is 4.38. The highest BCUT2D eigenvalue weighted by Crippen LogP contribution is 2.42. The molecule has 0 spiro atoms. The second kappa shape index (κ2) is 7.22. The highest BCUT2D eigenvalue weighted by Gasteiger charge is 2.31. The molecule has 3 aromatic rings. The van der Waals surface area contributed by atoms with E-state index in [1.807, 2.05) is 31.5 Å². The molecule has 0 radical (unpaired) electrons. The third kappa shape index (κ3) is 3.34. The Kier molecular flexibility index (Phi) is 4.31. The predicted molar refractivity (Wildman–Crippen MR) is 117 cm³/mol. The molecule has 3 aliphatic rings. The number of hydrogen-bond donors (Lipinski definition) is 2. The van der Waals surface area contributed by atoms with Gasteiger partial charge in [-0.05, 0) is 44.0 Å². The molecule has 2 aliphatic heterocycles. The van der Waals surface area contributed by atoms with Gasteiger partial charge in [0.05, 0.1) is 17.5 Å². The summed E-state index contributed by atoms with van der Waals surface area (Å²) in [7, 11) is 0. The first-order valence-corrected chi connectivity index (χ1v) is 10.9. The van der Waals surface area contributed by atoms with E-state index in [4.69, 9.17) is 9.47 Å². The van der Waals surface area contributed by atoms with E-state index < -0.39 is 0 Å². The molecule has 0 bridgehead atoms. The van der Waals surface area contributed by atoms with Gasteiger partial charge in [-0.1, -0.05) is 0 Å². The summed E-state index contributed by atoms with van der Waals surface area (Å²) in [5.74, 6) is 1.14. The Morgan fingerprint density at radius 1 is 1.22 bits per heavy atom. The highest BCUT2D eigenvalue weighted by atomic mass is 16.5. The van der Waals surface area contributed by atoms with Crippen molar-refractivity contribution in [3.63, 3.8) is 0 Å². The van der Waals surface area contributed by atoms with Gasteiger partial charge in [-0.3, -0.25) is 9.59 Å². The lowest BCUT2D eigenvalue weighted by Crippen LogP contribution is -2.26. The van der Waals surface area contributed by atoms with Crippen LogP contribution in [-0.2, 0) is 9.59 Å². The number of anilines is 1. The number of hydrogen-bond acceptors (Lipinski definition) is 6. The number of carbonyl (C=O) groups is 2. The van der Waals surface area contributed by atoms with Gasteiger partial charge in [0.2, 0.25) is 11.8 Å². The lowest BCUT2D eigenvalue weighted by molar-refractivity contribution is -0.120. The number of pyridine rings is 1. The zero-order chi connectivity index (χ0) is 21.8. The van der Waals surface area contributed by atoms with Crippen molar-refractivity contribution < 1.29 is 19.1 Å². The van der Waals surface area contributed by atoms with Crippen LogP contribution in [0.25, 0.3) is 22.3 Å². The van der Waals surface area contributed by atoms with Crippen LogP contribution in [0.1, 0.15) is 32.2 Å². The number of benzene rings is 1. The molecule has 2 amide bonds. The quantitative estimate of drug-likeness (QED) is 0.641. The van der Waals surface area contributed by atoms with Gasteiger partial charge in [-0.2, -0.15) is 0 Å². The van der Waals surface area contributed by atoms with Crippen molar-refractivity contribution in [3.8, 4) is 22.9 Å². The molecular weight excluding hydrogens is 410 g/mol. The standard InChI is InChI=1S/C23H23N5O4/c1-12(14-8-20(29)24-9-14)32-19-7-13(6-18-22(19)28(11-25-18)15-2-3-15)16-4-5-17-23(27-16)31-10-21(30)26-17/h4-7,11-12,14-15H,2-3,8-10H2,1H3,(H,24,29)(H,26,30)/t12-,14-/m1/s1. The minimum atomic E-state index is -0.191. The molecule has 2 atom stereocenters. The second-order valence-corrected chi connectivity index (χ2v) is 8.70. The van der Waals surface area contributed by atoms with E-state index in [0.29, 0.717) is 36.3 Å². The van der Waals surface area contributed by atoms with E-state index in [1.165, 1.54) is 0 Å². The van der Waals surface area contributed by atoms with E-state index >= 15 is 0 Å². The SMILES string of the molecule is C[C@@H](Oc1cc(-c2ccc3c(n2)OCC(=O)N3)cc2ncn(C3CC3)c12)[C@H]1CNC(=O)C1. The van der Waals surface area contributed by atoms with Crippen LogP contribution in [0.2, 0.25) is 0 Å². The Morgan fingerprint density at radius 2 is 2.09 bits per heavy atom. The maximum absolute atomic E-state index is 11.7. The van der Waals surface area contributed by atoms with Crippen molar-refractivity contribution in [1.29, 1.82) is 0 Å². The van der Waals surface area contributed by atoms with Crippen molar-refractivity contribution in [2.75, 3.05) is 18.5 Å². The molecular formula is C23H23N5O4. The largest absolute Gasteiger partial charge is 0.488 e. The van der Waals surface area contributed by atoms with Crippen molar-refractivity contribution in [1.82, 2.24) is 19.9 Å². The van der Waals surface area contributed by atoms with Crippen molar-refractivity contribution in [2.24, 2.45) is 5.92 Å². The molecule has 1 aromatic carbocycles. The smallest absolute Gasteiger partial charge is 0.262 e. The van der Waals surface area contributed by atoms with Gasteiger partial charge in [0.25, 0.3) is 5.91 Å². The average molecular weight is 433 g/mol. The molecule has 6 rings (SSSR count). The average Bonchev–Trinajstić information content (AvgIpc) is 3.39. The van der Waals surface area contributed by atoms with Crippen LogP contribution in [0.3, 0.4) is 0 Å². The van der Waals surface area contributed by atoms with Gasteiger partial charge in [0.15, 0.2) is 6.61 Å². The topological polar surface area (TPSA) is 107 Å². The van der Waals surface area contributed by atoms with Crippen molar-refractivity contribution in [2.45, 2.75) is 38.3 Å². The normalized spacial score (nSPS) is 21.0. The molecule has 164 valence electrons. The third-order valence-electron chi connectivity index (χ3n) is 6.33. The van der Waals surface area contributed by atoms with Crippen LogP contribution in [0, 0.1) is 5.92 Å². The van der Waals surface area contributed by atoms with Crippen LogP contribution in [0.4, 0.5) is 5.69 Å². The number of carbonyl (C=O) groups excluding carboxylic acids is 2. The number of imidazole rings is 1. The minimum absolute atomic E-state index is 0.0473. The lowest BCUT2D eigenvalue weighted by Gasteiger charge is -2.21. The summed E-state index contributed by atoms with van der Waals surface area (Å²) in [6, 6.07) is 8.08. The van der Waals surface area contributed by atoms with Crippen molar-refractivity contribution in [3.05, 3.63) is 30.6 Å². The minimum Gasteiger partial charge on any atom is -0.488 e. The number of fused-ring (bicyclic) bond motifs is 2. The first-order chi connectivity index (χ1) is 15.5. The van der Waals surface area contributed by atoms with Crippen LogP contribution in [0.15, 0.2) is 30.6 Å². The van der Waals surface area contributed by atoms with Gasteiger partial charge in [-0.25, -0.2) is 9.97 Å². The highest BCUT2D eigenvalue weighted by molar-refractivity contribution is 5.95. The van der Waals surface area contributed by atoms with E-state index in [1.54, 1.807) is 6.07 Å². The number of nitrogens with zero attached hydrogens (tertiary/aromatic N) is 3. The predicted octanol–water partition coefficient (Wildman–Crippen LogP) is 2.67. The molecule has 4 heterocycles. The van der Waals surface area contributed by atoms with Gasteiger partial charge in [-0.15, -0.1) is 0 Å². The molecule has 2 N–H and O–H groups in total. The fourth-order valence-electron chi connectivity index (χ4n) is 4.38. The summed E-state index contributed by atoms with van der Waals surface area (Å²) in [6.45, 7) is 2.59. The summed E-state index contributed by atoms with van der Waals surface area (Å²) in [5, 5.41) is 5.65. The Hall–Kier alpha value is -3.62. The molecule has 1 saturated carbocycles. The lowest BCUT2D eigenvalue weighted by atomic mass is 10.0. The van der Waals surface area contributed by atoms with E-state index in [9.17, 15) is 9.59 Å². The maximum atomic E-state index is 11.7. The number of rotatable bonds is 5. The number of aromatic nitrogens is 3.